The summed E-state index contributed by atoms with van der Waals surface area (Å²) in [5.41, 5.74) is 7.51. The fourth-order valence-corrected chi connectivity index (χ4v) is 4.21. The minimum Gasteiger partial charge on any atom is -0.462 e. The van der Waals surface area contributed by atoms with E-state index < -0.39 is 17.8 Å². The molecule has 3 heterocycles. The molecule has 3 N–H and O–H groups in total. The van der Waals surface area contributed by atoms with Gasteiger partial charge < -0.3 is 15.8 Å². The largest absolute Gasteiger partial charge is 0.462 e. The predicted octanol–water partition coefficient (Wildman–Crippen LogP) is 3.14. The summed E-state index contributed by atoms with van der Waals surface area (Å²) in [5.74, 6) is -1.86. The SMILES string of the molecule is CCCOC(=O)c1c(NC(=O)c2ccn(Cn3nc(C)c(Cl)c3C)n2)sc(C(N)=O)c1C. The van der Waals surface area contributed by atoms with Gasteiger partial charge in [0.2, 0.25) is 0 Å². The summed E-state index contributed by atoms with van der Waals surface area (Å²) in [6.07, 6.45) is 2.27. The minimum atomic E-state index is -0.689. The van der Waals surface area contributed by atoms with Crippen LogP contribution in [0.1, 0.15) is 60.8 Å². The Morgan fingerprint density at radius 3 is 2.56 bits per heavy atom. The van der Waals surface area contributed by atoms with Gasteiger partial charge in [0.25, 0.3) is 11.8 Å². The molecule has 2 amide bonds. The van der Waals surface area contributed by atoms with Crippen LogP contribution in [0, 0.1) is 20.8 Å². The molecule has 0 fully saturated rings. The topological polar surface area (TPSA) is 134 Å². The molecule has 0 saturated heterocycles. The maximum atomic E-state index is 12.8. The van der Waals surface area contributed by atoms with Crippen molar-refractivity contribution in [1.29, 1.82) is 0 Å². The van der Waals surface area contributed by atoms with Crippen LogP contribution in [-0.4, -0.2) is 44.0 Å². The van der Waals surface area contributed by atoms with Crippen LogP contribution in [0.5, 0.6) is 0 Å². The van der Waals surface area contributed by atoms with Crippen molar-refractivity contribution in [2.45, 2.75) is 40.8 Å². The second-order valence-electron chi connectivity index (χ2n) is 7.08. The highest BCUT2D eigenvalue weighted by Gasteiger charge is 2.26. The third kappa shape index (κ3) is 4.68. The zero-order chi connectivity index (χ0) is 23.6. The summed E-state index contributed by atoms with van der Waals surface area (Å²) in [4.78, 5) is 37.2. The highest BCUT2D eigenvalue weighted by atomic mass is 35.5. The van der Waals surface area contributed by atoms with Crippen molar-refractivity contribution in [2.75, 3.05) is 11.9 Å². The summed E-state index contributed by atoms with van der Waals surface area (Å²) in [5, 5.41) is 12.0. The zero-order valence-corrected chi connectivity index (χ0v) is 19.6. The van der Waals surface area contributed by atoms with Crippen LogP contribution in [0.2, 0.25) is 5.02 Å². The molecule has 0 unspecified atom stereocenters. The Hall–Kier alpha value is -3.18. The van der Waals surface area contributed by atoms with Crippen LogP contribution < -0.4 is 11.1 Å². The number of nitrogens with two attached hydrogens (primary N) is 1. The third-order valence-electron chi connectivity index (χ3n) is 4.68. The highest BCUT2D eigenvalue weighted by molar-refractivity contribution is 7.18. The number of nitrogens with zero attached hydrogens (tertiary/aromatic N) is 4. The van der Waals surface area contributed by atoms with E-state index in [-0.39, 0.29) is 34.4 Å². The number of hydrogen-bond acceptors (Lipinski definition) is 7. The number of aryl methyl sites for hydroxylation is 1. The van der Waals surface area contributed by atoms with E-state index in [1.165, 1.54) is 10.7 Å². The molecule has 0 radical (unpaired) electrons. The number of hydrogen-bond donors (Lipinski definition) is 2. The number of amides is 2. The molecular weight excluding hydrogens is 456 g/mol. The first-order valence-electron chi connectivity index (χ1n) is 9.78. The average Bonchev–Trinajstić information content (AvgIpc) is 3.40. The van der Waals surface area contributed by atoms with Crippen molar-refractivity contribution in [3.63, 3.8) is 0 Å². The van der Waals surface area contributed by atoms with Gasteiger partial charge in [0, 0.05) is 6.20 Å². The van der Waals surface area contributed by atoms with E-state index in [2.05, 4.69) is 15.5 Å². The Labute approximate surface area is 193 Å². The number of carbonyl (C=O) groups is 3. The summed E-state index contributed by atoms with van der Waals surface area (Å²) < 4.78 is 8.41. The normalized spacial score (nSPS) is 10.9. The lowest BCUT2D eigenvalue weighted by Crippen LogP contribution is -2.17. The smallest absolute Gasteiger partial charge is 0.341 e. The van der Waals surface area contributed by atoms with Gasteiger partial charge in [-0.3, -0.25) is 14.3 Å². The maximum absolute atomic E-state index is 12.8. The lowest BCUT2D eigenvalue weighted by molar-refractivity contribution is 0.0506. The van der Waals surface area contributed by atoms with Gasteiger partial charge in [-0.1, -0.05) is 18.5 Å². The zero-order valence-electron chi connectivity index (χ0n) is 18.1. The van der Waals surface area contributed by atoms with E-state index in [1.807, 2.05) is 13.8 Å². The molecule has 12 heteroatoms. The van der Waals surface area contributed by atoms with E-state index in [1.54, 1.807) is 24.7 Å². The lowest BCUT2D eigenvalue weighted by atomic mass is 10.1. The molecule has 0 aromatic carbocycles. The third-order valence-corrected chi connectivity index (χ3v) is 6.45. The number of esters is 1. The first-order chi connectivity index (χ1) is 15.1. The Morgan fingerprint density at radius 2 is 1.97 bits per heavy atom. The second kappa shape index (κ2) is 9.53. The molecule has 0 aliphatic rings. The number of primary amides is 1. The van der Waals surface area contributed by atoms with Crippen LogP contribution in [0.15, 0.2) is 12.3 Å². The van der Waals surface area contributed by atoms with Crippen molar-refractivity contribution in [3.8, 4) is 0 Å². The molecule has 0 bridgehead atoms. The van der Waals surface area contributed by atoms with Crippen LogP contribution in [0.25, 0.3) is 0 Å². The number of thiophene rings is 1. The molecular formula is C20H23ClN6O4S. The molecule has 0 aliphatic heterocycles. The van der Waals surface area contributed by atoms with Crippen LogP contribution >= 0.6 is 22.9 Å². The standard InChI is InChI=1S/C20H23ClN6O4S/c1-5-8-31-20(30)14-10(2)16(17(22)28)32-19(14)23-18(29)13-6-7-26(25-13)9-27-12(4)15(21)11(3)24-27/h6-7H,5,8-9H2,1-4H3,(H2,22,28)(H,23,29). The van der Waals surface area contributed by atoms with Gasteiger partial charge in [0.1, 0.15) is 11.7 Å². The van der Waals surface area contributed by atoms with Crippen LogP contribution in [0.4, 0.5) is 5.00 Å². The van der Waals surface area contributed by atoms with E-state index in [0.29, 0.717) is 22.7 Å². The number of ether oxygens (including phenoxy) is 1. The van der Waals surface area contributed by atoms with Gasteiger partial charge in [0.05, 0.1) is 33.5 Å². The first-order valence-corrected chi connectivity index (χ1v) is 11.0. The second-order valence-corrected chi connectivity index (χ2v) is 8.48. The van der Waals surface area contributed by atoms with Crippen molar-refractivity contribution in [1.82, 2.24) is 19.6 Å². The van der Waals surface area contributed by atoms with Gasteiger partial charge in [-0.25, -0.2) is 9.48 Å². The van der Waals surface area contributed by atoms with Gasteiger partial charge >= 0.3 is 5.97 Å². The predicted molar refractivity (Wildman–Crippen MR) is 120 cm³/mol. The Bertz CT molecular complexity index is 1200. The minimum absolute atomic E-state index is 0.113. The van der Waals surface area contributed by atoms with Crippen molar-refractivity contribution in [2.24, 2.45) is 5.73 Å². The van der Waals surface area contributed by atoms with Gasteiger partial charge in [-0.15, -0.1) is 11.3 Å². The van der Waals surface area contributed by atoms with Crippen molar-refractivity contribution >= 4 is 45.7 Å². The van der Waals surface area contributed by atoms with Gasteiger partial charge in [-0.2, -0.15) is 10.2 Å². The maximum Gasteiger partial charge on any atom is 0.341 e. The molecule has 0 aliphatic carbocycles. The number of rotatable bonds is 8. The number of carbonyl (C=O) groups excluding carboxylic acids is 3. The van der Waals surface area contributed by atoms with Crippen molar-refractivity contribution < 1.29 is 19.1 Å². The summed E-state index contributed by atoms with van der Waals surface area (Å²) in [6.45, 7) is 7.58. The molecule has 3 aromatic rings. The van der Waals surface area contributed by atoms with Gasteiger partial charge in [-0.05, 0) is 38.8 Å². The fraction of sp³-hybridized carbons (Fsp3) is 0.350. The van der Waals surface area contributed by atoms with E-state index in [0.717, 1.165) is 17.0 Å². The molecule has 0 saturated carbocycles. The lowest BCUT2D eigenvalue weighted by Gasteiger charge is -2.07. The first kappa shape index (κ1) is 23.5. The molecule has 3 aromatic heterocycles. The number of nitrogens with one attached hydrogen (secondary N) is 1. The Kier molecular flexibility index (Phi) is 6.99. The fourth-order valence-electron chi connectivity index (χ4n) is 3.03. The van der Waals surface area contributed by atoms with Gasteiger partial charge in [0.15, 0.2) is 5.69 Å². The number of anilines is 1. The van der Waals surface area contributed by atoms with E-state index in [4.69, 9.17) is 22.1 Å². The Balaban J connectivity index is 1.82. The monoisotopic (exact) mass is 478 g/mol. The van der Waals surface area contributed by atoms with E-state index in [9.17, 15) is 14.4 Å². The van der Waals surface area contributed by atoms with Crippen LogP contribution in [0.3, 0.4) is 0 Å². The van der Waals surface area contributed by atoms with E-state index >= 15 is 0 Å². The molecule has 170 valence electrons. The Morgan fingerprint density at radius 1 is 1.25 bits per heavy atom. The quantitative estimate of drug-likeness (QED) is 0.477. The molecule has 0 spiro atoms. The van der Waals surface area contributed by atoms with Crippen LogP contribution in [-0.2, 0) is 11.4 Å². The molecule has 32 heavy (non-hydrogen) atoms. The highest BCUT2D eigenvalue weighted by Crippen LogP contribution is 2.33. The number of aromatic nitrogens is 4. The molecule has 0 atom stereocenters. The average molecular weight is 479 g/mol. The molecule has 3 rings (SSSR count). The van der Waals surface area contributed by atoms with Crippen molar-refractivity contribution in [3.05, 3.63) is 50.4 Å². The molecule has 10 nitrogen and oxygen atoms in total. The number of halogens is 1. The summed E-state index contributed by atoms with van der Waals surface area (Å²) >= 11 is 7.10. The summed E-state index contributed by atoms with van der Waals surface area (Å²) in [6, 6.07) is 1.53. The summed E-state index contributed by atoms with van der Waals surface area (Å²) in [7, 11) is 0.